The normalized spacial score (nSPS) is 17.1. The molecule has 86 valence electrons. The fourth-order valence-corrected chi connectivity index (χ4v) is 1.86. The zero-order valence-corrected chi connectivity index (χ0v) is 10.4. The van der Waals surface area contributed by atoms with E-state index >= 15 is 0 Å². The first-order valence-corrected chi connectivity index (χ1v) is 5.97. The second-order valence-corrected chi connectivity index (χ2v) is 3.89. The van der Waals surface area contributed by atoms with Crippen LogP contribution in [0.4, 0.5) is 0 Å². The van der Waals surface area contributed by atoms with Crippen LogP contribution in [0.5, 0.6) is 0 Å². The molecule has 0 atom stereocenters. The topological polar surface area (TPSA) is 15.7 Å². The highest BCUT2D eigenvalue weighted by Crippen LogP contribution is 1.99. The Bertz CT molecular complexity index is 221. The van der Waals surface area contributed by atoms with Gasteiger partial charge in [-0.25, -0.2) is 0 Å². The van der Waals surface area contributed by atoms with Crippen molar-refractivity contribution in [3.63, 3.8) is 0 Å². The fourth-order valence-electron chi connectivity index (χ4n) is 1.54. The van der Waals surface area contributed by atoms with E-state index in [1.165, 1.54) is 0 Å². The largest absolute Gasteiger partial charge is 0.378 e. The molecule has 0 N–H and O–H groups in total. The third kappa shape index (κ3) is 4.18. The number of nitrogens with zero attached hydrogens (tertiary/aromatic N) is 2. The Morgan fingerprint density at radius 3 is 2.47 bits per heavy atom. The summed E-state index contributed by atoms with van der Waals surface area (Å²) >= 11 is 5.32. The van der Waals surface area contributed by atoms with Gasteiger partial charge in [-0.2, -0.15) is 0 Å². The third-order valence-corrected chi connectivity index (χ3v) is 2.94. The Labute approximate surface area is 97.7 Å². The fraction of sp³-hybridized carbons (Fsp3) is 0.727. The molecule has 0 spiro atoms. The summed E-state index contributed by atoms with van der Waals surface area (Å²) in [6, 6.07) is 0. The van der Waals surface area contributed by atoms with Crippen LogP contribution in [-0.2, 0) is 4.74 Å². The van der Waals surface area contributed by atoms with E-state index in [0.717, 1.165) is 44.4 Å². The minimum atomic E-state index is 0.822. The smallest absolute Gasteiger partial charge is 0.103 e. The molecule has 0 bridgehead atoms. The maximum Gasteiger partial charge on any atom is 0.103 e. The first-order chi connectivity index (χ1) is 7.27. The van der Waals surface area contributed by atoms with Gasteiger partial charge in [0.1, 0.15) is 4.99 Å². The Kier molecular flexibility index (Phi) is 5.65. The molecule has 15 heavy (non-hydrogen) atoms. The minimum absolute atomic E-state index is 0.822. The highest BCUT2D eigenvalue weighted by molar-refractivity contribution is 7.80. The van der Waals surface area contributed by atoms with Crippen molar-refractivity contribution in [2.45, 2.75) is 13.8 Å². The van der Waals surface area contributed by atoms with Gasteiger partial charge >= 0.3 is 0 Å². The molecular weight excluding hydrogens is 208 g/mol. The van der Waals surface area contributed by atoms with Crippen molar-refractivity contribution in [2.75, 3.05) is 39.4 Å². The van der Waals surface area contributed by atoms with E-state index < -0.39 is 0 Å². The third-order valence-electron chi connectivity index (χ3n) is 2.55. The molecule has 1 saturated heterocycles. The maximum atomic E-state index is 5.32. The molecule has 0 aromatic rings. The second kappa shape index (κ2) is 6.80. The van der Waals surface area contributed by atoms with Crippen molar-refractivity contribution < 1.29 is 4.74 Å². The van der Waals surface area contributed by atoms with Crippen LogP contribution in [0, 0.1) is 0 Å². The summed E-state index contributed by atoms with van der Waals surface area (Å²) < 4.78 is 5.28. The van der Waals surface area contributed by atoms with Gasteiger partial charge in [0.05, 0.1) is 13.2 Å². The molecule has 1 aliphatic rings. The average molecular weight is 228 g/mol. The van der Waals surface area contributed by atoms with Crippen LogP contribution in [0.25, 0.3) is 0 Å². The van der Waals surface area contributed by atoms with E-state index in [1.54, 1.807) is 0 Å². The predicted octanol–water partition coefficient (Wildman–Crippen LogP) is 1.50. The molecule has 1 rings (SSSR count). The lowest BCUT2D eigenvalue weighted by atomic mass is 10.4. The van der Waals surface area contributed by atoms with Crippen molar-refractivity contribution >= 4 is 17.2 Å². The zero-order valence-electron chi connectivity index (χ0n) is 9.61. The van der Waals surface area contributed by atoms with E-state index in [9.17, 15) is 0 Å². The van der Waals surface area contributed by atoms with Crippen LogP contribution >= 0.6 is 12.2 Å². The number of ether oxygens (including phenoxy) is 1. The molecule has 0 amide bonds. The Balaban J connectivity index is 2.37. The minimum Gasteiger partial charge on any atom is -0.378 e. The zero-order chi connectivity index (χ0) is 11.1. The van der Waals surface area contributed by atoms with Gasteiger partial charge in [0, 0.05) is 32.4 Å². The number of thiocarbonyl (C=S) groups is 1. The monoisotopic (exact) mass is 228 g/mol. The summed E-state index contributed by atoms with van der Waals surface area (Å²) in [5, 5.41) is 0. The first-order valence-electron chi connectivity index (χ1n) is 5.56. The highest BCUT2D eigenvalue weighted by atomic mass is 32.1. The quantitative estimate of drug-likeness (QED) is 0.535. The molecular formula is C11H20N2OS. The molecule has 3 nitrogen and oxygen atoms in total. The molecule has 4 heteroatoms. The predicted molar refractivity (Wildman–Crippen MR) is 67.1 cm³/mol. The van der Waals surface area contributed by atoms with Crippen LogP contribution in [0.1, 0.15) is 13.8 Å². The molecule has 1 fully saturated rings. The summed E-state index contributed by atoms with van der Waals surface area (Å²) in [5.74, 6) is 0. The molecule has 1 heterocycles. The first kappa shape index (κ1) is 12.5. The van der Waals surface area contributed by atoms with Crippen LogP contribution in [0.15, 0.2) is 12.3 Å². The van der Waals surface area contributed by atoms with Gasteiger partial charge in [-0.1, -0.05) is 12.2 Å². The molecule has 1 aliphatic heterocycles. The summed E-state index contributed by atoms with van der Waals surface area (Å²) in [7, 11) is 0. The van der Waals surface area contributed by atoms with Gasteiger partial charge in [-0.15, -0.1) is 0 Å². The Morgan fingerprint density at radius 1 is 1.33 bits per heavy atom. The van der Waals surface area contributed by atoms with E-state index in [1.807, 2.05) is 6.08 Å². The summed E-state index contributed by atoms with van der Waals surface area (Å²) in [6.07, 6.45) is 4.11. The van der Waals surface area contributed by atoms with Gasteiger partial charge in [0.2, 0.25) is 0 Å². The van der Waals surface area contributed by atoms with Gasteiger partial charge < -0.3 is 14.5 Å². The maximum absolute atomic E-state index is 5.32. The van der Waals surface area contributed by atoms with E-state index in [-0.39, 0.29) is 0 Å². The van der Waals surface area contributed by atoms with Crippen LogP contribution in [0.2, 0.25) is 0 Å². The molecule has 0 unspecified atom stereocenters. The van der Waals surface area contributed by atoms with Gasteiger partial charge in [0.25, 0.3) is 0 Å². The molecule has 0 aromatic heterocycles. The van der Waals surface area contributed by atoms with Gasteiger partial charge in [0.15, 0.2) is 0 Å². The van der Waals surface area contributed by atoms with Crippen molar-refractivity contribution in [1.29, 1.82) is 0 Å². The Morgan fingerprint density at radius 2 is 1.93 bits per heavy atom. The van der Waals surface area contributed by atoms with Crippen LogP contribution in [0.3, 0.4) is 0 Å². The number of hydrogen-bond donors (Lipinski definition) is 0. The van der Waals surface area contributed by atoms with Crippen molar-refractivity contribution in [3.8, 4) is 0 Å². The lowest BCUT2D eigenvalue weighted by Crippen LogP contribution is -2.33. The lowest BCUT2D eigenvalue weighted by Gasteiger charge is -2.26. The number of morpholine rings is 1. The van der Waals surface area contributed by atoms with Crippen molar-refractivity contribution in [1.82, 2.24) is 9.80 Å². The van der Waals surface area contributed by atoms with Crippen LogP contribution < -0.4 is 0 Å². The molecule has 0 radical (unpaired) electrons. The summed E-state index contributed by atoms with van der Waals surface area (Å²) in [4.78, 5) is 5.34. The van der Waals surface area contributed by atoms with E-state index in [2.05, 4.69) is 29.8 Å². The lowest BCUT2D eigenvalue weighted by molar-refractivity contribution is 0.0594. The molecule has 0 aliphatic carbocycles. The Hall–Kier alpha value is -0.610. The second-order valence-electron chi connectivity index (χ2n) is 3.47. The van der Waals surface area contributed by atoms with Crippen molar-refractivity contribution in [2.24, 2.45) is 0 Å². The summed E-state index contributed by atoms with van der Waals surface area (Å²) in [5.41, 5.74) is 0. The van der Waals surface area contributed by atoms with Gasteiger partial charge in [-0.05, 0) is 19.9 Å². The standard InChI is InChI=1S/C11H20N2OS/c1-3-13(4-2)11(15)5-6-12-7-9-14-10-8-12/h5-6H,3-4,7-10H2,1-2H3/b6-5+. The number of likely N-dealkylation sites (N-methyl/N-ethyl adjacent to an activating group) is 1. The van der Waals surface area contributed by atoms with E-state index in [4.69, 9.17) is 17.0 Å². The number of hydrogen-bond acceptors (Lipinski definition) is 3. The average Bonchev–Trinajstić information content (AvgIpc) is 2.29. The van der Waals surface area contributed by atoms with Crippen LogP contribution in [-0.4, -0.2) is 54.2 Å². The molecule has 0 saturated carbocycles. The SMILES string of the molecule is CCN(CC)C(=S)/C=C/N1CCOCC1. The molecule has 0 aromatic carbocycles. The van der Waals surface area contributed by atoms with Gasteiger partial charge in [-0.3, -0.25) is 0 Å². The van der Waals surface area contributed by atoms with Crippen molar-refractivity contribution in [3.05, 3.63) is 12.3 Å². The highest BCUT2D eigenvalue weighted by Gasteiger charge is 2.06. The van der Waals surface area contributed by atoms with E-state index in [0.29, 0.717) is 0 Å². The number of rotatable bonds is 4. The summed E-state index contributed by atoms with van der Waals surface area (Å²) in [6.45, 7) is 9.78.